The lowest BCUT2D eigenvalue weighted by Gasteiger charge is -2.20. The second-order valence-corrected chi connectivity index (χ2v) is 6.83. The van der Waals surface area contributed by atoms with Crippen LogP contribution in [0.4, 0.5) is 0 Å². The molecule has 0 saturated heterocycles. The van der Waals surface area contributed by atoms with E-state index in [1.54, 1.807) is 11.7 Å². The summed E-state index contributed by atoms with van der Waals surface area (Å²) in [7, 11) is 1.63. The van der Waals surface area contributed by atoms with E-state index in [1.165, 1.54) is 12.8 Å². The van der Waals surface area contributed by atoms with Gasteiger partial charge in [0.25, 0.3) is 0 Å². The molecule has 1 heterocycles. The van der Waals surface area contributed by atoms with Gasteiger partial charge in [0.1, 0.15) is 12.3 Å². The lowest BCUT2D eigenvalue weighted by molar-refractivity contribution is -0.122. The minimum absolute atomic E-state index is 0.0161. The van der Waals surface area contributed by atoms with Gasteiger partial charge in [-0.25, -0.2) is 0 Å². The largest absolute Gasteiger partial charge is 0.497 e. The molecule has 1 aromatic carbocycles. The van der Waals surface area contributed by atoms with Gasteiger partial charge in [-0.3, -0.25) is 14.5 Å². The molecule has 1 aromatic heterocycles. The number of rotatable bonds is 6. The summed E-state index contributed by atoms with van der Waals surface area (Å²) < 4.78 is 7.36. The molecule has 3 rings (SSSR count). The fraction of sp³-hybridized carbons (Fsp3) is 0.500. The third kappa shape index (κ3) is 3.92. The van der Waals surface area contributed by atoms with Gasteiger partial charge < -0.3 is 10.1 Å². The summed E-state index contributed by atoms with van der Waals surface area (Å²) in [5, 5.41) is 10.2. The molecule has 2 aromatic rings. The Morgan fingerprint density at radius 1 is 1.40 bits per heavy atom. The molecule has 0 spiro atoms. The summed E-state index contributed by atoms with van der Waals surface area (Å²) in [5.41, 5.74) is 0.883. The maximum Gasteiger partial charge on any atom is 0.240 e. The van der Waals surface area contributed by atoms with E-state index < -0.39 is 0 Å². The van der Waals surface area contributed by atoms with Crippen LogP contribution in [0.1, 0.15) is 32.6 Å². The van der Waals surface area contributed by atoms with Crippen LogP contribution in [0.25, 0.3) is 11.4 Å². The monoisotopic (exact) mass is 360 g/mol. The van der Waals surface area contributed by atoms with Crippen molar-refractivity contribution in [2.45, 2.75) is 45.2 Å². The third-order valence-corrected chi connectivity index (χ3v) is 5.25. The van der Waals surface area contributed by atoms with Gasteiger partial charge in [-0.15, -0.1) is 0 Å². The number of methoxy groups -OCH3 is 1. The zero-order valence-electron chi connectivity index (χ0n) is 14.6. The number of nitrogens with zero attached hydrogens (tertiary/aromatic N) is 2. The van der Waals surface area contributed by atoms with E-state index in [-0.39, 0.29) is 18.5 Å². The van der Waals surface area contributed by atoms with Crippen molar-refractivity contribution < 1.29 is 9.53 Å². The average Bonchev–Trinajstić information content (AvgIpc) is 3.22. The standard InChI is InChI=1S/C18H24N4O2S/c1-3-12-5-4-6-15(12)19-16(23)11-22-17(20-21-18(22)25)13-7-9-14(24-2)10-8-13/h7-10,12,15H,3-6,11H2,1-2H3,(H,19,23)(H,21,25)/t12-,15-/m1/s1. The number of nitrogens with one attached hydrogen (secondary N) is 2. The molecular formula is C18H24N4O2S. The topological polar surface area (TPSA) is 71.9 Å². The van der Waals surface area contributed by atoms with Crippen LogP contribution in [0.2, 0.25) is 0 Å². The number of benzene rings is 1. The molecule has 0 aliphatic heterocycles. The SMILES string of the molecule is CC[C@@H]1CCC[C@H]1NC(=O)Cn1c(-c2ccc(OC)cc2)n[nH]c1=S. The number of aromatic nitrogens is 3. The maximum atomic E-state index is 12.5. The highest BCUT2D eigenvalue weighted by atomic mass is 32.1. The number of hydrogen-bond donors (Lipinski definition) is 2. The highest BCUT2D eigenvalue weighted by Crippen LogP contribution is 2.28. The summed E-state index contributed by atoms with van der Waals surface area (Å²) >= 11 is 5.31. The Kier molecular flexibility index (Phi) is 5.53. The number of carbonyl (C=O) groups excluding carboxylic acids is 1. The Morgan fingerprint density at radius 2 is 2.16 bits per heavy atom. The normalized spacial score (nSPS) is 19.8. The molecule has 1 aliphatic rings. The molecule has 1 aliphatic carbocycles. The predicted molar refractivity (Wildman–Crippen MR) is 99.0 cm³/mol. The van der Waals surface area contributed by atoms with E-state index in [9.17, 15) is 4.79 Å². The fourth-order valence-electron chi connectivity index (χ4n) is 3.54. The number of H-pyrrole nitrogens is 1. The zero-order valence-corrected chi connectivity index (χ0v) is 15.4. The maximum absolute atomic E-state index is 12.5. The van der Waals surface area contributed by atoms with Crippen molar-refractivity contribution in [2.24, 2.45) is 5.92 Å². The first-order chi connectivity index (χ1) is 12.1. The molecule has 1 saturated carbocycles. The van der Waals surface area contributed by atoms with Crippen LogP contribution in [0.15, 0.2) is 24.3 Å². The van der Waals surface area contributed by atoms with Crippen LogP contribution in [-0.2, 0) is 11.3 Å². The molecule has 2 atom stereocenters. The van der Waals surface area contributed by atoms with Gasteiger partial charge in [0.2, 0.25) is 5.91 Å². The fourth-order valence-corrected chi connectivity index (χ4v) is 3.73. The van der Waals surface area contributed by atoms with Crippen molar-refractivity contribution in [1.29, 1.82) is 0 Å². The average molecular weight is 360 g/mol. The van der Waals surface area contributed by atoms with Gasteiger partial charge in [0.05, 0.1) is 7.11 Å². The highest BCUT2D eigenvalue weighted by molar-refractivity contribution is 7.71. The number of aromatic amines is 1. The van der Waals surface area contributed by atoms with Gasteiger partial charge in [-0.2, -0.15) is 5.10 Å². The predicted octanol–water partition coefficient (Wildman–Crippen LogP) is 3.31. The molecule has 1 fully saturated rings. The second kappa shape index (κ2) is 7.82. The smallest absolute Gasteiger partial charge is 0.240 e. The Morgan fingerprint density at radius 3 is 2.84 bits per heavy atom. The molecule has 1 amide bonds. The molecule has 7 heteroatoms. The minimum atomic E-state index is -0.0161. The Bertz CT molecular complexity index is 781. The number of hydrogen-bond acceptors (Lipinski definition) is 4. The molecule has 0 bridgehead atoms. The molecule has 25 heavy (non-hydrogen) atoms. The van der Waals surface area contributed by atoms with Crippen LogP contribution < -0.4 is 10.1 Å². The second-order valence-electron chi connectivity index (χ2n) is 6.44. The van der Waals surface area contributed by atoms with Gasteiger partial charge in [0.15, 0.2) is 10.6 Å². The molecule has 134 valence electrons. The van der Waals surface area contributed by atoms with Gasteiger partial charge in [-0.1, -0.05) is 19.8 Å². The van der Waals surface area contributed by atoms with Crippen molar-refractivity contribution >= 4 is 18.1 Å². The lowest BCUT2D eigenvalue weighted by atomic mass is 10.0. The van der Waals surface area contributed by atoms with Gasteiger partial charge >= 0.3 is 0 Å². The van der Waals surface area contributed by atoms with Crippen molar-refractivity contribution in [3.63, 3.8) is 0 Å². The van der Waals surface area contributed by atoms with Crippen LogP contribution >= 0.6 is 12.2 Å². The van der Waals surface area contributed by atoms with E-state index in [0.29, 0.717) is 16.5 Å². The number of ether oxygens (including phenoxy) is 1. The van der Waals surface area contributed by atoms with Gasteiger partial charge in [0, 0.05) is 11.6 Å². The minimum Gasteiger partial charge on any atom is -0.497 e. The highest BCUT2D eigenvalue weighted by Gasteiger charge is 2.27. The molecule has 2 N–H and O–H groups in total. The van der Waals surface area contributed by atoms with Crippen molar-refractivity contribution in [1.82, 2.24) is 20.1 Å². The Hall–Kier alpha value is -2.15. The van der Waals surface area contributed by atoms with Crippen molar-refractivity contribution in [3.8, 4) is 17.1 Å². The molecule has 0 unspecified atom stereocenters. The summed E-state index contributed by atoms with van der Waals surface area (Å²) in [5.74, 6) is 2.00. The first-order valence-electron chi connectivity index (χ1n) is 8.71. The van der Waals surface area contributed by atoms with Crippen LogP contribution in [0.5, 0.6) is 5.75 Å². The summed E-state index contributed by atoms with van der Waals surface area (Å²) in [6, 6.07) is 7.82. The Labute approximate surface area is 152 Å². The van der Waals surface area contributed by atoms with E-state index in [2.05, 4.69) is 22.4 Å². The van der Waals surface area contributed by atoms with E-state index >= 15 is 0 Å². The molecule has 6 nitrogen and oxygen atoms in total. The summed E-state index contributed by atoms with van der Waals surface area (Å²) in [4.78, 5) is 12.5. The zero-order chi connectivity index (χ0) is 17.8. The quantitative estimate of drug-likeness (QED) is 0.775. The van der Waals surface area contributed by atoms with E-state index in [1.807, 2.05) is 24.3 Å². The van der Waals surface area contributed by atoms with Crippen LogP contribution in [0, 0.1) is 10.7 Å². The van der Waals surface area contributed by atoms with Crippen LogP contribution in [-0.4, -0.2) is 33.8 Å². The first-order valence-corrected chi connectivity index (χ1v) is 9.12. The van der Waals surface area contributed by atoms with Crippen molar-refractivity contribution in [3.05, 3.63) is 29.0 Å². The molecular weight excluding hydrogens is 336 g/mol. The van der Waals surface area contributed by atoms with Crippen LogP contribution in [0.3, 0.4) is 0 Å². The van der Waals surface area contributed by atoms with E-state index in [0.717, 1.165) is 24.2 Å². The summed E-state index contributed by atoms with van der Waals surface area (Å²) in [6.45, 7) is 2.35. The number of carbonyl (C=O) groups is 1. The third-order valence-electron chi connectivity index (χ3n) is 4.94. The lowest BCUT2D eigenvalue weighted by Crippen LogP contribution is -2.39. The van der Waals surface area contributed by atoms with Gasteiger partial charge in [-0.05, 0) is 55.2 Å². The van der Waals surface area contributed by atoms with Crippen molar-refractivity contribution in [2.75, 3.05) is 7.11 Å². The van der Waals surface area contributed by atoms with E-state index in [4.69, 9.17) is 17.0 Å². The first kappa shape index (κ1) is 17.7. The number of amides is 1. The molecule has 0 radical (unpaired) electrons. The summed E-state index contributed by atoms with van der Waals surface area (Å²) in [6.07, 6.45) is 4.55. The Balaban J connectivity index is 1.75.